The van der Waals surface area contributed by atoms with Crippen LogP contribution in [-0.2, 0) is 14.0 Å². The summed E-state index contributed by atoms with van der Waals surface area (Å²) in [7, 11) is -0.315. The average molecular weight is 290 g/mol. The fraction of sp³-hybridized carbons (Fsp3) is 0.800. The Kier molecular flexibility index (Phi) is 2.70. The molecule has 0 unspecified atom stereocenters. The van der Waals surface area contributed by atoms with Crippen LogP contribution in [0.5, 0.6) is 0 Å². The normalized spacial score (nSPS) is 29.4. The van der Waals surface area contributed by atoms with Gasteiger partial charge in [-0.3, -0.25) is 4.68 Å². The van der Waals surface area contributed by atoms with Gasteiger partial charge in [0.25, 0.3) is 0 Å². The van der Waals surface area contributed by atoms with Gasteiger partial charge in [0, 0.05) is 23.3 Å². The summed E-state index contributed by atoms with van der Waals surface area (Å²) < 4.78 is 19.5. The summed E-state index contributed by atoms with van der Waals surface area (Å²) in [5.74, 6) is 0. The highest BCUT2D eigenvalue weighted by molar-refractivity contribution is 6.62. The van der Waals surface area contributed by atoms with Crippen molar-refractivity contribution in [1.82, 2.24) is 9.78 Å². The van der Waals surface area contributed by atoms with E-state index in [2.05, 4.69) is 43.7 Å². The van der Waals surface area contributed by atoms with Gasteiger partial charge in [-0.05, 0) is 40.5 Å². The maximum absolute atomic E-state index is 6.07. The lowest BCUT2D eigenvalue weighted by molar-refractivity contribution is -0.175. The molecule has 5 nitrogen and oxygen atoms in total. The lowest BCUT2D eigenvalue weighted by Crippen LogP contribution is -2.52. The summed E-state index contributed by atoms with van der Waals surface area (Å²) in [5.41, 5.74) is 0.869. The molecule has 0 radical (unpaired) electrons. The van der Waals surface area contributed by atoms with Crippen molar-refractivity contribution in [3.05, 3.63) is 12.4 Å². The van der Waals surface area contributed by atoms with Crippen LogP contribution in [0, 0.1) is 5.41 Å². The number of aromatic nitrogens is 2. The minimum atomic E-state index is -0.315. The largest absolute Gasteiger partial charge is 0.498 e. The first-order valence-corrected chi connectivity index (χ1v) is 7.78. The van der Waals surface area contributed by atoms with E-state index in [9.17, 15) is 0 Å². The second kappa shape index (κ2) is 4.12. The van der Waals surface area contributed by atoms with Crippen LogP contribution in [-0.4, -0.2) is 41.3 Å². The maximum atomic E-state index is 6.07. The lowest BCUT2D eigenvalue weighted by atomic mass is 9.64. The molecule has 3 aliphatic rings. The topological polar surface area (TPSA) is 45.5 Å². The molecule has 0 N–H and O–H groups in total. The third-order valence-electron chi connectivity index (χ3n) is 5.67. The fourth-order valence-corrected chi connectivity index (χ4v) is 3.41. The van der Waals surface area contributed by atoms with Gasteiger partial charge in [0.15, 0.2) is 0 Å². The third-order valence-corrected chi connectivity index (χ3v) is 5.67. The molecule has 3 fully saturated rings. The van der Waals surface area contributed by atoms with Crippen LogP contribution >= 0.6 is 0 Å². The minimum Gasteiger partial charge on any atom is -0.399 e. The monoisotopic (exact) mass is 290 g/mol. The first-order chi connectivity index (χ1) is 9.80. The zero-order chi connectivity index (χ0) is 14.9. The van der Waals surface area contributed by atoms with E-state index in [1.807, 2.05) is 6.20 Å². The zero-order valence-corrected chi connectivity index (χ0v) is 13.3. The second-order valence-electron chi connectivity index (χ2n) is 7.90. The molecule has 3 heterocycles. The van der Waals surface area contributed by atoms with Gasteiger partial charge in [-0.2, -0.15) is 5.10 Å². The van der Waals surface area contributed by atoms with Crippen molar-refractivity contribution < 1.29 is 14.0 Å². The standard InChI is InChI=1S/C15H23BN2O3/c1-13(2)14(3,4)21-16(20-13)11-7-17-18(8-11)12-5-15(6-12)9-19-10-15/h7-8,12H,5-6,9-10H2,1-4H3. The molecular weight excluding hydrogens is 267 g/mol. The summed E-state index contributed by atoms with van der Waals surface area (Å²) in [6.45, 7) is 10.1. The van der Waals surface area contributed by atoms with E-state index >= 15 is 0 Å². The predicted molar refractivity (Wildman–Crippen MR) is 79.5 cm³/mol. The molecule has 1 saturated carbocycles. The van der Waals surface area contributed by atoms with E-state index in [4.69, 9.17) is 14.0 Å². The molecule has 2 saturated heterocycles. The quantitative estimate of drug-likeness (QED) is 0.775. The molecule has 0 aromatic carbocycles. The number of hydrogen-bond acceptors (Lipinski definition) is 4. The van der Waals surface area contributed by atoms with Gasteiger partial charge >= 0.3 is 7.12 Å². The Balaban J connectivity index is 1.46. The van der Waals surface area contributed by atoms with Gasteiger partial charge in [-0.15, -0.1) is 0 Å². The third kappa shape index (κ3) is 2.00. The van der Waals surface area contributed by atoms with Crippen LogP contribution < -0.4 is 5.46 Å². The van der Waals surface area contributed by atoms with Gasteiger partial charge in [0.05, 0.1) is 30.5 Å². The summed E-state index contributed by atoms with van der Waals surface area (Å²) in [5, 5.41) is 4.52. The molecule has 1 aromatic heterocycles. The van der Waals surface area contributed by atoms with Crippen molar-refractivity contribution in [2.24, 2.45) is 5.41 Å². The molecule has 0 bridgehead atoms. The van der Waals surface area contributed by atoms with Gasteiger partial charge in [-0.1, -0.05) is 0 Å². The van der Waals surface area contributed by atoms with Crippen molar-refractivity contribution in [2.45, 2.75) is 57.8 Å². The summed E-state index contributed by atoms with van der Waals surface area (Å²) in [6, 6.07) is 0.505. The Morgan fingerprint density at radius 2 is 1.76 bits per heavy atom. The number of hydrogen-bond donors (Lipinski definition) is 0. The van der Waals surface area contributed by atoms with Crippen LogP contribution in [0.15, 0.2) is 12.4 Å². The van der Waals surface area contributed by atoms with E-state index in [0.717, 1.165) is 18.7 Å². The Labute approximate surface area is 126 Å². The predicted octanol–water partition coefficient (Wildman–Crippen LogP) is 1.53. The van der Waals surface area contributed by atoms with Crippen molar-refractivity contribution in [3.8, 4) is 0 Å². The second-order valence-corrected chi connectivity index (χ2v) is 7.90. The summed E-state index contributed by atoms with van der Waals surface area (Å²) in [4.78, 5) is 0. The molecule has 0 amide bonds. The summed E-state index contributed by atoms with van der Waals surface area (Å²) in [6.07, 6.45) is 6.32. The van der Waals surface area contributed by atoms with E-state index < -0.39 is 0 Å². The molecule has 1 aromatic rings. The number of nitrogens with zero attached hydrogens (tertiary/aromatic N) is 2. The smallest absolute Gasteiger partial charge is 0.399 e. The SMILES string of the molecule is CC1(C)OB(c2cnn(C3CC4(COC4)C3)c2)OC1(C)C. The highest BCUT2D eigenvalue weighted by Gasteiger charge is 2.53. The van der Waals surface area contributed by atoms with E-state index in [0.29, 0.717) is 11.5 Å². The minimum absolute atomic E-state index is 0.302. The van der Waals surface area contributed by atoms with Crippen LogP contribution in [0.1, 0.15) is 46.6 Å². The van der Waals surface area contributed by atoms with Crippen molar-refractivity contribution in [1.29, 1.82) is 0 Å². The van der Waals surface area contributed by atoms with Crippen molar-refractivity contribution in [3.63, 3.8) is 0 Å². The average Bonchev–Trinajstić information content (AvgIpc) is 2.79. The van der Waals surface area contributed by atoms with Crippen molar-refractivity contribution >= 4 is 12.6 Å². The van der Waals surface area contributed by atoms with E-state index in [1.54, 1.807) is 0 Å². The lowest BCUT2D eigenvalue weighted by Gasteiger charge is -2.53. The Bertz CT molecular complexity index is 541. The molecule has 21 heavy (non-hydrogen) atoms. The fourth-order valence-electron chi connectivity index (χ4n) is 3.41. The van der Waals surface area contributed by atoms with Crippen LogP contribution in [0.3, 0.4) is 0 Å². The zero-order valence-electron chi connectivity index (χ0n) is 13.3. The number of ether oxygens (including phenoxy) is 1. The molecule has 1 aliphatic carbocycles. The molecule has 0 atom stereocenters. The first kappa shape index (κ1) is 13.8. The van der Waals surface area contributed by atoms with Gasteiger partial charge in [-0.25, -0.2) is 0 Å². The van der Waals surface area contributed by atoms with Crippen LogP contribution in [0.4, 0.5) is 0 Å². The Morgan fingerprint density at radius 1 is 1.14 bits per heavy atom. The molecule has 1 spiro atoms. The van der Waals surface area contributed by atoms with Gasteiger partial charge in [0.1, 0.15) is 0 Å². The maximum Gasteiger partial charge on any atom is 0.498 e. The Morgan fingerprint density at radius 3 is 2.29 bits per heavy atom. The molecule has 2 aliphatic heterocycles. The summed E-state index contributed by atoms with van der Waals surface area (Å²) >= 11 is 0. The molecule has 114 valence electrons. The van der Waals surface area contributed by atoms with Gasteiger partial charge < -0.3 is 14.0 Å². The van der Waals surface area contributed by atoms with Crippen molar-refractivity contribution in [2.75, 3.05) is 13.2 Å². The van der Waals surface area contributed by atoms with E-state index in [-0.39, 0.29) is 18.3 Å². The van der Waals surface area contributed by atoms with Crippen LogP contribution in [0.2, 0.25) is 0 Å². The first-order valence-electron chi connectivity index (χ1n) is 7.78. The highest BCUT2D eigenvalue weighted by atomic mass is 16.7. The number of rotatable bonds is 2. The van der Waals surface area contributed by atoms with Gasteiger partial charge in [0.2, 0.25) is 0 Å². The molecule has 4 rings (SSSR count). The van der Waals surface area contributed by atoms with Crippen LogP contribution in [0.25, 0.3) is 0 Å². The van der Waals surface area contributed by atoms with E-state index in [1.165, 1.54) is 12.8 Å². The molecule has 6 heteroatoms. The molecular formula is C15H23BN2O3. The Hall–Kier alpha value is -0.845. The highest BCUT2D eigenvalue weighted by Crippen LogP contribution is 2.52.